The van der Waals surface area contributed by atoms with Gasteiger partial charge in [0.25, 0.3) is 0 Å². The Balaban J connectivity index is 1.24. The standard InChI is InChI=1S/C23H19N5OS/c29-22(12-20-13-24-16-28(20)14-17-4-2-1-3-5-17)25-19-8-6-18(7-9-19)21-15-27-10-11-30-23(27)26-21/h1-11,13,15-16H,12,14H2,(H,25,29). The number of amides is 1. The van der Waals surface area contributed by atoms with E-state index >= 15 is 0 Å². The highest BCUT2D eigenvalue weighted by Gasteiger charge is 2.10. The maximum Gasteiger partial charge on any atom is 0.230 e. The summed E-state index contributed by atoms with van der Waals surface area (Å²) in [5, 5.41) is 4.98. The molecule has 0 bridgehead atoms. The lowest BCUT2D eigenvalue weighted by Crippen LogP contribution is -2.17. The van der Waals surface area contributed by atoms with Crippen LogP contribution in [0.4, 0.5) is 5.69 Å². The first-order chi connectivity index (χ1) is 14.7. The average Bonchev–Trinajstić information content (AvgIpc) is 3.47. The minimum absolute atomic E-state index is 0.0694. The fraction of sp³-hybridized carbons (Fsp3) is 0.0870. The van der Waals surface area contributed by atoms with E-state index in [1.165, 1.54) is 5.56 Å². The van der Waals surface area contributed by atoms with Gasteiger partial charge in [0, 0.05) is 47.5 Å². The first kappa shape index (κ1) is 18.3. The topological polar surface area (TPSA) is 64.2 Å². The summed E-state index contributed by atoms with van der Waals surface area (Å²) in [5.41, 5.74) is 4.76. The summed E-state index contributed by atoms with van der Waals surface area (Å²) in [6.45, 7) is 0.695. The molecule has 1 amide bonds. The highest BCUT2D eigenvalue weighted by atomic mass is 32.1. The molecule has 0 saturated heterocycles. The van der Waals surface area contributed by atoms with Gasteiger partial charge in [0.1, 0.15) is 0 Å². The number of fused-ring (bicyclic) bond motifs is 1. The number of hydrogen-bond acceptors (Lipinski definition) is 4. The van der Waals surface area contributed by atoms with Crippen LogP contribution in [-0.2, 0) is 17.8 Å². The van der Waals surface area contributed by atoms with Gasteiger partial charge in [-0.05, 0) is 17.7 Å². The fourth-order valence-electron chi connectivity index (χ4n) is 3.38. The maximum absolute atomic E-state index is 12.6. The van der Waals surface area contributed by atoms with Crippen molar-refractivity contribution in [2.75, 3.05) is 5.32 Å². The van der Waals surface area contributed by atoms with Crippen LogP contribution in [0.2, 0.25) is 0 Å². The number of benzene rings is 2. The summed E-state index contributed by atoms with van der Waals surface area (Å²) in [6, 6.07) is 17.9. The molecule has 5 rings (SSSR count). The number of anilines is 1. The van der Waals surface area contributed by atoms with Crippen molar-refractivity contribution < 1.29 is 4.79 Å². The zero-order valence-electron chi connectivity index (χ0n) is 16.1. The van der Waals surface area contributed by atoms with Gasteiger partial charge in [0.2, 0.25) is 5.91 Å². The van der Waals surface area contributed by atoms with Crippen LogP contribution in [0.1, 0.15) is 11.3 Å². The third kappa shape index (κ3) is 3.88. The Morgan fingerprint density at radius 2 is 1.90 bits per heavy atom. The van der Waals surface area contributed by atoms with E-state index in [1.54, 1.807) is 23.9 Å². The molecule has 0 unspecified atom stereocenters. The molecule has 7 heteroatoms. The van der Waals surface area contributed by atoms with Crippen LogP contribution in [0.5, 0.6) is 0 Å². The van der Waals surface area contributed by atoms with Crippen molar-refractivity contribution in [2.45, 2.75) is 13.0 Å². The maximum atomic E-state index is 12.6. The fourth-order valence-corrected chi connectivity index (χ4v) is 4.08. The summed E-state index contributed by atoms with van der Waals surface area (Å²) in [5.74, 6) is -0.0694. The molecule has 0 spiro atoms. The molecule has 5 aromatic rings. The van der Waals surface area contributed by atoms with E-state index in [-0.39, 0.29) is 12.3 Å². The van der Waals surface area contributed by atoms with Crippen molar-refractivity contribution in [3.8, 4) is 11.3 Å². The first-order valence-corrected chi connectivity index (χ1v) is 10.5. The molecule has 30 heavy (non-hydrogen) atoms. The van der Waals surface area contributed by atoms with Crippen molar-refractivity contribution in [1.82, 2.24) is 18.9 Å². The zero-order valence-corrected chi connectivity index (χ0v) is 16.9. The average molecular weight is 414 g/mol. The molecule has 0 saturated carbocycles. The zero-order chi connectivity index (χ0) is 20.3. The highest BCUT2D eigenvalue weighted by Crippen LogP contribution is 2.23. The number of carbonyl (C=O) groups is 1. The minimum Gasteiger partial charge on any atom is -0.330 e. The number of carbonyl (C=O) groups excluding carboxylic acids is 1. The van der Waals surface area contributed by atoms with Crippen molar-refractivity contribution in [1.29, 1.82) is 0 Å². The lowest BCUT2D eigenvalue weighted by molar-refractivity contribution is -0.115. The number of imidazole rings is 2. The summed E-state index contributed by atoms with van der Waals surface area (Å²) in [6.07, 6.45) is 7.78. The van der Waals surface area contributed by atoms with Crippen LogP contribution >= 0.6 is 11.3 Å². The Kier molecular flexibility index (Phi) is 4.86. The van der Waals surface area contributed by atoms with Gasteiger partial charge in [-0.3, -0.25) is 9.20 Å². The van der Waals surface area contributed by atoms with E-state index in [9.17, 15) is 4.79 Å². The van der Waals surface area contributed by atoms with Crippen LogP contribution in [-0.4, -0.2) is 24.8 Å². The lowest BCUT2D eigenvalue weighted by Gasteiger charge is -2.09. The van der Waals surface area contributed by atoms with Gasteiger partial charge in [-0.15, -0.1) is 11.3 Å². The smallest absolute Gasteiger partial charge is 0.230 e. The molecule has 0 aliphatic rings. The van der Waals surface area contributed by atoms with Crippen molar-refractivity contribution in [2.24, 2.45) is 0 Å². The van der Waals surface area contributed by atoms with Crippen LogP contribution in [0.25, 0.3) is 16.2 Å². The molecular weight excluding hydrogens is 394 g/mol. The van der Waals surface area contributed by atoms with Crippen molar-refractivity contribution >= 4 is 27.9 Å². The third-order valence-electron chi connectivity index (χ3n) is 4.89. The number of thiazole rings is 1. The Labute approximate surface area is 177 Å². The Hall–Kier alpha value is -3.71. The second kappa shape index (κ2) is 7.96. The summed E-state index contributed by atoms with van der Waals surface area (Å²) >= 11 is 1.61. The molecule has 0 atom stereocenters. The number of rotatable bonds is 6. The summed E-state index contributed by atoms with van der Waals surface area (Å²) in [4.78, 5) is 22.3. The van der Waals surface area contributed by atoms with Crippen LogP contribution in [0.15, 0.2) is 84.9 Å². The van der Waals surface area contributed by atoms with Crippen LogP contribution in [0, 0.1) is 0 Å². The van der Waals surface area contributed by atoms with Gasteiger partial charge in [-0.1, -0.05) is 42.5 Å². The van der Waals surface area contributed by atoms with Crippen LogP contribution < -0.4 is 5.32 Å². The molecule has 1 N–H and O–H groups in total. The van der Waals surface area contributed by atoms with E-state index < -0.39 is 0 Å². The molecule has 0 aliphatic heterocycles. The van der Waals surface area contributed by atoms with E-state index in [1.807, 2.05) is 69.2 Å². The van der Waals surface area contributed by atoms with Gasteiger partial charge in [0.15, 0.2) is 4.96 Å². The largest absolute Gasteiger partial charge is 0.330 e. The molecule has 0 fully saturated rings. The number of nitrogens with zero attached hydrogens (tertiary/aromatic N) is 4. The summed E-state index contributed by atoms with van der Waals surface area (Å²) in [7, 11) is 0. The third-order valence-corrected chi connectivity index (χ3v) is 5.66. The summed E-state index contributed by atoms with van der Waals surface area (Å²) < 4.78 is 4.01. The SMILES string of the molecule is O=C(Cc1cncn1Cc1ccccc1)Nc1ccc(-c2cn3ccsc3n2)cc1. The highest BCUT2D eigenvalue weighted by molar-refractivity contribution is 7.15. The Bertz CT molecular complexity index is 1260. The lowest BCUT2D eigenvalue weighted by atomic mass is 10.1. The number of nitrogens with one attached hydrogen (secondary N) is 1. The van der Waals surface area contributed by atoms with Crippen LogP contribution in [0.3, 0.4) is 0 Å². The van der Waals surface area contributed by atoms with Gasteiger partial charge < -0.3 is 9.88 Å². The predicted octanol–water partition coefficient (Wildman–Crippen LogP) is 4.49. The monoisotopic (exact) mass is 413 g/mol. The Morgan fingerprint density at radius 1 is 1.07 bits per heavy atom. The number of hydrogen-bond donors (Lipinski definition) is 1. The molecule has 3 heterocycles. The van der Waals surface area contributed by atoms with E-state index in [4.69, 9.17) is 0 Å². The second-order valence-electron chi connectivity index (χ2n) is 7.02. The molecule has 0 aliphatic carbocycles. The van der Waals surface area contributed by atoms with Gasteiger partial charge in [0.05, 0.1) is 18.4 Å². The van der Waals surface area contributed by atoms with E-state index in [0.717, 1.165) is 27.6 Å². The number of aromatic nitrogens is 4. The first-order valence-electron chi connectivity index (χ1n) is 9.60. The van der Waals surface area contributed by atoms with Gasteiger partial charge >= 0.3 is 0 Å². The quantitative estimate of drug-likeness (QED) is 0.446. The van der Waals surface area contributed by atoms with Crippen molar-refractivity contribution in [3.63, 3.8) is 0 Å². The second-order valence-corrected chi connectivity index (χ2v) is 7.89. The normalized spacial score (nSPS) is 11.1. The van der Waals surface area contributed by atoms with E-state index in [0.29, 0.717) is 6.54 Å². The molecular formula is C23H19N5OS. The molecule has 2 aromatic carbocycles. The predicted molar refractivity (Wildman–Crippen MR) is 119 cm³/mol. The molecule has 148 valence electrons. The Morgan fingerprint density at radius 3 is 2.70 bits per heavy atom. The van der Waals surface area contributed by atoms with Crippen molar-refractivity contribution in [3.05, 3.63) is 96.2 Å². The molecule has 3 aromatic heterocycles. The van der Waals surface area contributed by atoms with Gasteiger partial charge in [-0.25, -0.2) is 9.97 Å². The minimum atomic E-state index is -0.0694. The van der Waals surface area contributed by atoms with Gasteiger partial charge in [-0.2, -0.15) is 0 Å². The molecule has 0 radical (unpaired) electrons. The van der Waals surface area contributed by atoms with E-state index in [2.05, 4.69) is 27.4 Å². The molecule has 6 nitrogen and oxygen atoms in total.